The first-order valence-corrected chi connectivity index (χ1v) is 16.2. The molecule has 0 radical (unpaired) electrons. The van der Waals surface area contributed by atoms with Gasteiger partial charge in [-0.3, -0.25) is 0 Å². The van der Waals surface area contributed by atoms with Crippen molar-refractivity contribution in [2.24, 2.45) is 5.92 Å². The quantitative estimate of drug-likeness (QED) is 0.133. The molecule has 0 aliphatic carbocycles. The molecule has 2 bridgehead atoms. The highest BCUT2D eigenvalue weighted by Gasteiger charge is 2.34. The van der Waals surface area contributed by atoms with Crippen molar-refractivity contribution in [2.45, 2.75) is 129 Å². The summed E-state index contributed by atoms with van der Waals surface area (Å²) in [7, 11) is 1.65. The average Bonchev–Trinajstić information content (AvgIpc) is 3.47. The summed E-state index contributed by atoms with van der Waals surface area (Å²) in [5.41, 5.74) is 2.68. The van der Waals surface area contributed by atoms with Gasteiger partial charge in [0.1, 0.15) is 12.0 Å². The Morgan fingerprint density at radius 2 is 1.87 bits per heavy atom. The zero-order chi connectivity index (χ0) is 33.5. The summed E-state index contributed by atoms with van der Waals surface area (Å²) in [6, 6.07) is 0. The van der Waals surface area contributed by atoms with Crippen LogP contribution in [0.1, 0.15) is 104 Å². The molecule has 3 unspecified atom stereocenters. The van der Waals surface area contributed by atoms with Crippen molar-refractivity contribution >= 4 is 12.0 Å². The first-order valence-electron chi connectivity index (χ1n) is 16.2. The van der Waals surface area contributed by atoms with Crippen LogP contribution in [-0.4, -0.2) is 75.1 Å². The van der Waals surface area contributed by atoms with Crippen LogP contribution in [0.25, 0.3) is 6.08 Å². The van der Waals surface area contributed by atoms with Gasteiger partial charge in [-0.2, -0.15) is 0 Å². The van der Waals surface area contributed by atoms with Crippen LogP contribution in [0.5, 0.6) is 0 Å². The van der Waals surface area contributed by atoms with Gasteiger partial charge in [0.2, 0.25) is 0 Å². The first-order chi connectivity index (χ1) is 21.4. The van der Waals surface area contributed by atoms with E-state index in [9.17, 15) is 25.2 Å². The van der Waals surface area contributed by atoms with E-state index in [1.807, 2.05) is 39.8 Å². The van der Waals surface area contributed by atoms with Crippen molar-refractivity contribution in [3.63, 3.8) is 0 Å². The number of hydrogen-bond donors (Lipinski definition) is 4. The van der Waals surface area contributed by atoms with Gasteiger partial charge in [-0.05, 0) is 51.7 Å². The third-order valence-corrected chi connectivity index (χ3v) is 8.30. The second-order valence-electron chi connectivity index (χ2n) is 12.3. The van der Waals surface area contributed by atoms with E-state index < -0.39 is 48.3 Å². The number of aromatic nitrogens is 1. The number of allylic oxidation sites excluding steroid dienone is 4. The molecule has 252 valence electrons. The highest BCUT2D eigenvalue weighted by molar-refractivity contribution is 5.93. The predicted octanol–water partition coefficient (Wildman–Crippen LogP) is 5.96. The lowest BCUT2D eigenvalue weighted by Crippen LogP contribution is -2.44. The van der Waals surface area contributed by atoms with Gasteiger partial charge < -0.3 is 34.3 Å². The van der Waals surface area contributed by atoms with Crippen molar-refractivity contribution in [3.05, 3.63) is 71.0 Å². The van der Waals surface area contributed by atoms with Crippen molar-refractivity contribution < 1.29 is 39.1 Å². The summed E-state index contributed by atoms with van der Waals surface area (Å²) in [4.78, 5) is 18.2. The van der Waals surface area contributed by atoms with E-state index in [0.717, 1.165) is 36.8 Å². The van der Waals surface area contributed by atoms with Gasteiger partial charge >= 0.3 is 5.97 Å². The van der Waals surface area contributed by atoms with Crippen LogP contribution in [-0.2, 0) is 14.3 Å². The Kier molecular flexibility index (Phi) is 16.7. The lowest BCUT2D eigenvalue weighted by molar-refractivity contribution is -0.162. The number of rotatable bonds is 11. The summed E-state index contributed by atoms with van der Waals surface area (Å²) < 4.78 is 16.9. The van der Waals surface area contributed by atoms with Crippen LogP contribution < -0.4 is 0 Å². The van der Waals surface area contributed by atoms with E-state index in [0.29, 0.717) is 17.7 Å². The van der Waals surface area contributed by atoms with Crippen LogP contribution in [0.15, 0.2) is 63.9 Å². The molecule has 1 aromatic rings. The monoisotopic (exact) mass is 629 g/mol. The Hall–Kier alpha value is -2.82. The second kappa shape index (κ2) is 19.6. The van der Waals surface area contributed by atoms with E-state index in [4.69, 9.17) is 13.9 Å². The Morgan fingerprint density at radius 1 is 1.13 bits per heavy atom. The topological polar surface area (TPSA) is 142 Å². The zero-order valence-corrected chi connectivity index (χ0v) is 28.1. The minimum atomic E-state index is -1.22. The van der Waals surface area contributed by atoms with Crippen LogP contribution >= 0.6 is 0 Å². The van der Waals surface area contributed by atoms with Crippen molar-refractivity contribution in [2.75, 3.05) is 7.11 Å². The SMILES string of the molecule is CCCCCC/C1=C/c2coc(n2)[C@H](C)[C@H](O)C[C@H](O)/C=C\C=C/C[C@H](O)[C@@H](C(O)C(C)/C=C(C)/C=C(\C)C(C)OC)OC1=O. The minimum absolute atomic E-state index is 0.0586. The number of carbonyl (C=O) groups is 1. The highest BCUT2D eigenvalue weighted by Crippen LogP contribution is 2.26. The summed E-state index contributed by atoms with van der Waals surface area (Å²) in [6.07, 6.45) is 12.2. The maximum atomic E-state index is 13.7. The third kappa shape index (κ3) is 12.8. The fourth-order valence-corrected chi connectivity index (χ4v) is 5.15. The lowest BCUT2D eigenvalue weighted by Gasteiger charge is -2.30. The van der Waals surface area contributed by atoms with Gasteiger partial charge in [-0.25, -0.2) is 9.78 Å². The molecule has 2 heterocycles. The number of fused-ring (bicyclic) bond motifs is 2. The molecular formula is C36H55NO8. The molecule has 0 spiro atoms. The fourth-order valence-electron chi connectivity index (χ4n) is 5.15. The standard InChI is InChI=1S/C36H55NO8/c1-8-9-10-12-15-28-20-29-22-44-35(37-29)26(5)32(40)21-30(38)16-13-11-14-17-31(39)34(45-36(28)42)33(41)25(4)19-23(2)18-24(3)27(6)43-7/h11,13-14,16,18-20,22,25-27,30-34,38-41H,8-10,12,15,17,21H2,1-7H3/b14-11-,16-13-,23-19+,24-18+,28-20-/t25?,26-,27?,30-,31+,32-,33?,34+/m1/s1. The Labute approximate surface area is 269 Å². The molecule has 9 nitrogen and oxygen atoms in total. The summed E-state index contributed by atoms with van der Waals surface area (Å²) in [5.74, 6) is -1.31. The number of hydrogen-bond acceptors (Lipinski definition) is 9. The molecule has 0 fully saturated rings. The number of nitrogens with zero attached hydrogens (tertiary/aromatic N) is 1. The Bertz CT molecular complexity index is 1200. The maximum Gasteiger partial charge on any atom is 0.334 e. The number of aliphatic hydroxyl groups excluding tert-OH is 4. The number of aliphatic hydroxyl groups is 4. The highest BCUT2D eigenvalue weighted by atomic mass is 16.6. The van der Waals surface area contributed by atoms with Crippen LogP contribution in [0, 0.1) is 5.92 Å². The van der Waals surface area contributed by atoms with Crippen LogP contribution in [0.2, 0.25) is 0 Å². The van der Waals surface area contributed by atoms with Gasteiger partial charge in [0, 0.05) is 25.0 Å². The largest absolute Gasteiger partial charge is 0.453 e. The fraction of sp³-hybridized carbons (Fsp3) is 0.611. The van der Waals surface area contributed by atoms with Gasteiger partial charge in [-0.1, -0.05) is 82.1 Å². The van der Waals surface area contributed by atoms with E-state index in [1.165, 1.54) is 6.26 Å². The normalized spacial score (nSPS) is 29.0. The molecule has 0 saturated heterocycles. The molecule has 45 heavy (non-hydrogen) atoms. The van der Waals surface area contributed by atoms with E-state index in [-0.39, 0.29) is 24.8 Å². The zero-order valence-electron chi connectivity index (χ0n) is 28.1. The van der Waals surface area contributed by atoms with Crippen molar-refractivity contribution in [1.82, 2.24) is 4.98 Å². The third-order valence-electron chi connectivity index (χ3n) is 8.30. The lowest BCUT2D eigenvalue weighted by atomic mass is 9.92. The van der Waals surface area contributed by atoms with Gasteiger partial charge in [-0.15, -0.1) is 0 Å². The number of methoxy groups -OCH3 is 1. The predicted molar refractivity (Wildman–Crippen MR) is 176 cm³/mol. The summed E-state index contributed by atoms with van der Waals surface area (Å²) in [5, 5.41) is 43.7. The maximum absolute atomic E-state index is 13.7. The number of carbonyl (C=O) groups excluding carboxylic acids is 1. The molecule has 8 atom stereocenters. The van der Waals surface area contributed by atoms with E-state index in [1.54, 1.807) is 44.4 Å². The van der Waals surface area contributed by atoms with Gasteiger partial charge in [0.05, 0.1) is 36.4 Å². The smallest absolute Gasteiger partial charge is 0.334 e. The number of oxazole rings is 1. The molecule has 9 heteroatoms. The van der Waals surface area contributed by atoms with Gasteiger partial charge in [0.25, 0.3) is 0 Å². The van der Waals surface area contributed by atoms with E-state index >= 15 is 0 Å². The number of esters is 1. The number of ether oxygens (including phenoxy) is 2. The molecular weight excluding hydrogens is 574 g/mol. The van der Waals surface area contributed by atoms with Crippen LogP contribution in [0.3, 0.4) is 0 Å². The molecule has 1 aromatic heterocycles. The van der Waals surface area contributed by atoms with Crippen molar-refractivity contribution in [1.29, 1.82) is 0 Å². The molecule has 1 aliphatic rings. The number of unbranched alkanes of at least 4 members (excludes halogenated alkanes) is 3. The van der Waals surface area contributed by atoms with Crippen molar-refractivity contribution in [3.8, 4) is 0 Å². The van der Waals surface area contributed by atoms with Gasteiger partial charge in [0.15, 0.2) is 12.0 Å². The number of cyclic esters (lactones) is 1. The Balaban J connectivity index is 2.48. The van der Waals surface area contributed by atoms with Crippen LogP contribution in [0.4, 0.5) is 0 Å². The molecule has 0 aromatic carbocycles. The molecule has 2 rings (SSSR count). The molecule has 0 amide bonds. The minimum Gasteiger partial charge on any atom is -0.453 e. The second-order valence-corrected chi connectivity index (χ2v) is 12.3. The molecule has 0 saturated carbocycles. The molecule has 1 aliphatic heterocycles. The molecule has 4 N–H and O–H groups in total. The average molecular weight is 630 g/mol. The Morgan fingerprint density at radius 3 is 2.56 bits per heavy atom. The summed E-state index contributed by atoms with van der Waals surface area (Å²) >= 11 is 0. The first kappa shape index (κ1) is 38.4. The summed E-state index contributed by atoms with van der Waals surface area (Å²) in [6.45, 7) is 11.5. The van der Waals surface area contributed by atoms with E-state index in [2.05, 4.69) is 11.9 Å².